The van der Waals surface area contributed by atoms with E-state index in [9.17, 15) is 0 Å². The van der Waals surface area contributed by atoms with Gasteiger partial charge < -0.3 is 4.57 Å². The molecule has 2 nitrogen and oxygen atoms in total. The van der Waals surface area contributed by atoms with Gasteiger partial charge in [-0.25, -0.2) is 0 Å². The molecule has 0 amide bonds. The Labute approximate surface area is 87.3 Å². The van der Waals surface area contributed by atoms with Crippen LogP contribution in [0.2, 0.25) is 5.02 Å². The van der Waals surface area contributed by atoms with Crippen LogP contribution in [0.15, 0.2) is 24.4 Å². The van der Waals surface area contributed by atoms with Crippen LogP contribution in [0.5, 0.6) is 0 Å². The fourth-order valence-electron chi connectivity index (χ4n) is 1.66. The average Bonchev–Trinajstić information content (AvgIpc) is 2.44. The maximum Gasteiger partial charge on any atom is 0.110 e. The van der Waals surface area contributed by atoms with Crippen molar-refractivity contribution in [2.24, 2.45) is 0 Å². The zero-order valence-corrected chi connectivity index (χ0v) is 8.54. The zero-order valence-electron chi connectivity index (χ0n) is 7.79. The molecule has 0 atom stereocenters. The van der Waals surface area contributed by atoms with Gasteiger partial charge in [0.2, 0.25) is 0 Å². The molecule has 0 bridgehead atoms. The highest BCUT2D eigenvalue weighted by molar-refractivity contribution is 6.31. The van der Waals surface area contributed by atoms with E-state index in [4.69, 9.17) is 16.9 Å². The lowest BCUT2D eigenvalue weighted by Gasteiger charge is -1.98. The molecule has 1 aromatic carbocycles. The lowest BCUT2D eigenvalue weighted by atomic mass is 10.2. The van der Waals surface area contributed by atoms with E-state index in [0.29, 0.717) is 11.6 Å². The molecule has 0 N–H and O–H groups in total. The number of halogens is 1. The largest absolute Gasteiger partial charge is 0.333 e. The number of fused-ring (bicyclic) bond motifs is 1. The molecule has 14 heavy (non-hydrogen) atoms. The Balaban J connectivity index is 2.74. The minimum atomic E-state index is 0.366. The molecule has 0 radical (unpaired) electrons. The first-order valence-corrected chi connectivity index (χ1v) is 4.72. The molecule has 0 unspecified atom stereocenters. The second-order valence-electron chi connectivity index (χ2n) is 3.26. The number of nitriles is 1. The predicted molar refractivity (Wildman–Crippen MR) is 57.3 cm³/mol. The molecule has 3 heteroatoms. The van der Waals surface area contributed by atoms with Gasteiger partial charge in [-0.15, -0.1) is 0 Å². The van der Waals surface area contributed by atoms with Crippen LogP contribution in [-0.2, 0) is 6.54 Å². The smallest absolute Gasteiger partial charge is 0.110 e. The average molecular weight is 205 g/mol. The van der Waals surface area contributed by atoms with Crippen LogP contribution in [0.4, 0.5) is 0 Å². The Hall–Kier alpha value is -1.46. The first kappa shape index (κ1) is 9.11. The maximum atomic E-state index is 8.65. The summed E-state index contributed by atoms with van der Waals surface area (Å²) >= 11 is 5.90. The lowest BCUT2D eigenvalue weighted by Crippen LogP contribution is -1.91. The summed E-state index contributed by atoms with van der Waals surface area (Å²) in [6.45, 7) is 2.40. The SMILES string of the molecule is Cc1cn(CC#N)c2cc(Cl)ccc12. The van der Waals surface area contributed by atoms with Gasteiger partial charge in [0.05, 0.1) is 11.6 Å². The van der Waals surface area contributed by atoms with Gasteiger partial charge in [-0.2, -0.15) is 5.26 Å². The zero-order chi connectivity index (χ0) is 10.1. The number of hydrogen-bond donors (Lipinski definition) is 0. The van der Waals surface area contributed by atoms with Gasteiger partial charge in [0.15, 0.2) is 0 Å². The van der Waals surface area contributed by atoms with E-state index < -0.39 is 0 Å². The van der Waals surface area contributed by atoms with E-state index in [1.807, 2.05) is 35.9 Å². The molecule has 0 aliphatic carbocycles. The highest BCUT2D eigenvalue weighted by Crippen LogP contribution is 2.23. The molecule has 70 valence electrons. The van der Waals surface area contributed by atoms with Crippen LogP contribution >= 0.6 is 11.6 Å². The molecule has 0 spiro atoms. The van der Waals surface area contributed by atoms with E-state index in [1.54, 1.807) is 0 Å². The number of aryl methyl sites for hydroxylation is 1. The fourth-order valence-corrected chi connectivity index (χ4v) is 1.82. The minimum Gasteiger partial charge on any atom is -0.333 e. The Morgan fingerprint density at radius 3 is 3.00 bits per heavy atom. The monoisotopic (exact) mass is 204 g/mol. The van der Waals surface area contributed by atoms with Crippen molar-refractivity contribution in [3.63, 3.8) is 0 Å². The number of hydrogen-bond acceptors (Lipinski definition) is 1. The van der Waals surface area contributed by atoms with E-state index in [1.165, 1.54) is 5.56 Å². The summed E-state index contributed by atoms with van der Waals surface area (Å²) < 4.78 is 1.91. The van der Waals surface area contributed by atoms with Crippen molar-refractivity contribution in [2.75, 3.05) is 0 Å². The number of rotatable bonds is 1. The van der Waals surface area contributed by atoms with Crippen molar-refractivity contribution in [3.8, 4) is 6.07 Å². The molecule has 0 aliphatic heterocycles. The Kier molecular flexibility index (Phi) is 2.18. The third-order valence-corrected chi connectivity index (χ3v) is 2.52. The first-order chi connectivity index (χ1) is 6.72. The summed E-state index contributed by atoms with van der Waals surface area (Å²) in [5, 5.41) is 10.5. The van der Waals surface area contributed by atoms with Gasteiger partial charge in [0.1, 0.15) is 6.54 Å². The van der Waals surface area contributed by atoms with Crippen LogP contribution in [0, 0.1) is 18.3 Å². The predicted octanol–water partition coefficient (Wildman–Crippen LogP) is 3.13. The number of nitrogens with zero attached hydrogens (tertiary/aromatic N) is 2. The normalized spacial score (nSPS) is 10.4. The highest BCUT2D eigenvalue weighted by Gasteiger charge is 2.04. The molecular formula is C11H9ClN2. The molecule has 2 aromatic rings. The summed E-state index contributed by atoms with van der Waals surface area (Å²) in [6.07, 6.45) is 1.98. The number of benzene rings is 1. The van der Waals surface area contributed by atoms with Crippen molar-refractivity contribution >= 4 is 22.5 Å². The van der Waals surface area contributed by atoms with Gasteiger partial charge in [-0.1, -0.05) is 17.7 Å². The van der Waals surface area contributed by atoms with Crippen LogP contribution in [0.3, 0.4) is 0 Å². The summed E-state index contributed by atoms with van der Waals surface area (Å²) in [5.74, 6) is 0. The third kappa shape index (κ3) is 1.36. The van der Waals surface area contributed by atoms with Gasteiger partial charge in [0.25, 0.3) is 0 Å². The fraction of sp³-hybridized carbons (Fsp3) is 0.182. The molecule has 0 saturated heterocycles. The van der Waals surface area contributed by atoms with Crippen LogP contribution in [-0.4, -0.2) is 4.57 Å². The van der Waals surface area contributed by atoms with E-state index >= 15 is 0 Å². The molecule has 0 fully saturated rings. The van der Waals surface area contributed by atoms with Gasteiger partial charge >= 0.3 is 0 Å². The van der Waals surface area contributed by atoms with Gasteiger partial charge in [-0.05, 0) is 24.6 Å². The quantitative estimate of drug-likeness (QED) is 0.702. The maximum absolute atomic E-state index is 8.65. The highest BCUT2D eigenvalue weighted by atomic mass is 35.5. The Morgan fingerprint density at radius 2 is 2.29 bits per heavy atom. The van der Waals surface area contributed by atoms with Crippen LogP contribution in [0.1, 0.15) is 5.56 Å². The van der Waals surface area contributed by atoms with Crippen molar-refractivity contribution < 1.29 is 0 Å². The van der Waals surface area contributed by atoms with E-state index in [-0.39, 0.29) is 0 Å². The minimum absolute atomic E-state index is 0.366. The molecule has 0 saturated carbocycles. The Morgan fingerprint density at radius 1 is 1.50 bits per heavy atom. The summed E-state index contributed by atoms with van der Waals surface area (Å²) in [4.78, 5) is 0. The summed E-state index contributed by atoms with van der Waals surface area (Å²) in [5.41, 5.74) is 2.20. The van der Waals surface area contributed by atoms with Crippen LogP contribution < -0.4 is 0 Å². The van der Waals surface area contributed by atoms with E-state index in [2.05, 4.69) is 6.07 Å². The molecule has 1 aromatic heterocycles. The second kappa shape index (κ2) is 3.36. The molecule has 1 heterocycles. The second-order valence-corrected chi connectivity index (χ2v) is 3.70. The van der Waals surface area contributed by atoms with Crippen molar-refractivity contribution in [3.05, 3.63) is 35.0 Å². The summed E-state index contributed by atoms with van der Waals surface area (Å²) in [7, 11) is 0. The standard InChI is InChI=1S/C11H9ClN2/c1-8-7-14(5-4-13)11-6-9(12)2-3-10(8)11/h2-3,6-7H,5H2,1H3. The summed E-state index contributed by atoms with van der Waals surface area (Å²) in [6, 6.07) is 7.87. The molecule has 0 aliphatic rings. The third-order valence-electron chi connectivity index (χ3n) is 2.28. The topological polar surface area (TPSA) is 28.7 Å². The lowest BCUT2D eigenvalue weighted by molar-refractivity contribution is 0.871. The molecular weight excluding hydrogens is 196 g/mol. The molecule has 2 rings (SSSR count). The van der Waals surface area contributed by atoms with Gasteiger partial charge in [-0.3, -0.25) is 0 Å². The van der Waals surface area contributed by atoms with Crippen molar-refractivity contribution in [1.29, 1.82) is 5.26 Å². The van der Waals surface area contributed by atoms with Crippen LogP contribution in [0.25, 0.3) is 10.9 Å². The van der Waals surface area contributed by atoms with Crippen molar-refractivity contribution in [2.45, 2.75) is 13.5 Å². The van der Waals surface area contributed by atoms with Crippen molar-refractivity contribution in [1.82, 2.24) is 4.57 Å². The van der Waals surface area contributed by atoms with E-state index in [0.717, 1.165) is 10.9 Å². The number of aromatic nitrogens is 1. The first-order valence-electron chi connectivity index (χ1n) is 4.34. The van der Waals surface area contributed by atoms with Gasteiger partial charge in [0, 0.05) is 16.6 Å². The Bertz CT molecular complexity index is 520.